The summed E-state index contributed by atoms with van der Waals surface area (Å²) in [5.41, 5.74) is 4.43. The lowest BCUT2D eigenvalue weighted by Gasteiger charge is -2.30. The quantitative estimate of drug-likeness (QED) is 0.688. The molecule has 0 saturated heterocycles. The van der Waals surface area contributed by atoms with Gasteiger partial charge in [0.05, 0.1) is 16.8 Å². The lowest BCUT2D eigenvalue weighted by Crippen LogP contribution is -2.38. The zero-order chi connectivity index (χ0) is 17.4. The van der Waals surface area contributed by atoms with Crippen LogP contribution >= 0.6 is 11.3 Å². The number of nitrogens with zero attached hydrogens (tertiary/aromatic N) is 3. The van der Waals surface area contributed by atoms with E-state index in [1.54, 1.807) is 17.5 Å². The van der Waals surface area contributed by atoms with E-state index < -0.39 is 0 Å². The minimum atomic E-state index is 0.145. The van der Waals surface area contributed by atoms with E-state index in [-0.39, 0.29) is 11.8 Å². The molecule has 1 saturated carbocycles. The average Bonchev–Trinajstić information content (AvgIpc) is 2.95. The average molecular weight is 351 g/mol. The molecule has 3 aromatic rings. The van der Waals surface area contributed by atoms with Gasteiger partial charge in [0.15, 0.2) is 5.13 Å². The second kappa shape index (κ2) is 6.56. The van der Waals surface area contributed by atoms with Crippen LogP contribution in [0.25, 0.3) is 10.2 Å². The Bertz CT molecular complexity index is 915. The Hall–Kier alpha value is -2.27. The number of carbonyl (C=O) groups excluding carboxylic acids is 1. The smallest absolute Gasteiger partial charge is 0.232 e. The Morgan fingerprint density at radius 1 is 1.32 bits per heavy atom. The molecule has 25 heavy (non-hydrogen) atoms. The van der Waals surface area contributed by atoms with Crippen molar-refractivity contribution in [3.63, 3.8) is 0 Å². The summed E-state index contributed by atoms with van der Waals surface area (Å²) in [5, 5.41) is 0.796. The number of thiazole rings is 1. The van der Waals surface area contributed by atoms with Gasteiger partial charge in [0.1, 0.15) is 0 Å². The molecule has 1 aliphatic carbocycles. The van der Waals surface area contributed by atoms with Gasteiger partial charge in [-0.05, 0) is 55.5 Å². The molecule has 4 rings (SSSR count). The topological polar surface area (TPSA) is 46.1 Å². The molecular formula is C20H21N3OS. The van der Waals surface area contributed by atoms with Crippen LogP contribution in [0, 0.1) is 19.8 Å². The van der Waals surface area contributed by atoms with Crippen LogP contribution in [0.4, 0.5) is 5.13 Å². The summed E-state index contributed by atoms with van der Waals surface area (Å²) in [4.78, 5) is 23.9. The molecule has 2 heterocycles. The summed E-state index contributed by atoms with van der Waals surface area (Å²) in [7, 11) is 0. The second-order valence-electron chi connectivity index (χ2n) is 6.84. The monoisotopic (exact) mass is 351 g/mol. The fraction of sp³-hybridized carbons (Fsp3) is 0.350. The first-order valence-electron chi connectivity index (χ1n) is 8.70. The van der Waals surface area contributed by atoms with E-state index in [2.05, 4.69) is 31.0 Å². The summed E-state index contributed by atoms with van der Waals surface area (Å²) in [6.07, 6.45) is 6.71. The van der Waals surface area contributed by atoms with Crippen molar-refractivity contribution >= 4 is 32.6 Å². The van der Waals surface area contributed by atoms with Crippen molar-refractivity contribution < 1.29 is 4.79 Å². The van der Waals surface area contributed by atoms with Gasteiger partial charge in [-0.15, -0.1) is 0 Å². The van der Waals surface area contributed by atoms with Crippen molar-refractivity contribution in [2.75, 3.05) is 4.90 Å². The number of amides is 1. The van der Waals surface area contributed by atoms with E-state index in [1.807, 2.05) is 23.2 Å². The van der Waals surface area contributed by atoms with Crippen molar-refractivity contribution in [2.45, 2.75) is 39.7 Å². The number of aryl methyl sites for hydroxylation is 2. The molecule has 0 atom stereocenters. The second-order valence-corrected chi connectivity index (χ2v) is 7.82. The molecule has 1 aromatic carbocycles. The molecule has 0 aliphatic heterocycles. The first-order valence-corrected chi connectivity index (χ1v) is 9.51. The van der Waals surface area contributed by atoms with Crippen LogP contribution in [0.1, 0.15) is 36.0 Å². The fourth-order valence-corrected chi connectivity index (χ4v) is 4.29. The Kier molecular flexibility index (Phi) is 4.25. The summed E-state index contributed by atoms with van der Waals surface area (Å²) >= 11 is 1.61. The third kappa shape index (κ3) is 3.16. The third-order valence-corrected chi connectivity index (χ3v) is 6.05. The van der Waals surface area contributed by atoms with Crippen LogP contribution in [0.3, 0.4) is 0 Å². The minimum absolute atomic E-state index is 0.145. The number of fused-ring (bicyclic) bond motifs is 1. The van der Waals surface area contributed by atoms with Gasteiger partial charge in [-0.2, -0.15) is 0 Å². The summed E-state index contributed by atoms with van der Waals surface area (Å²) in [6.45, 7) is 4.72. The Balaban J connectivity index is 1.74. The first-order chi connectivity index (χ1) is 12.1. The van der Waals surface area contributed by atoms with E-state index in [9.17, 15) is 4.79 Å². The zero-order valence-corrected chi connectivity index (χ0v) is 15.3. The maximum atomic E-state index is 13.0. The van der Waals surface area contributed by atoms with Crippen LogP contribution in [0.2, 0.25) is 0 Å². The number of pyridine rings is 1. The lowest BCUT2D eigenvalue weighted by molar-refractivity contribution is -0.124. The zero-order valence-electron chi connectivity index (χ0n) is 14.5. The van der Waals surface area contributed by atoms with E-state index in [0.29, 0.717) is 6.54 Å². The fourth-order valence-electron chi connectivity index (χ4n) is 3.27. The van der Waals surface area contributed by atoms with Crippen LogP contribution < -0.4 is 4.90 Å². The number of carbonyl (C=O) groups is 1. The van der Waals surface area contributed by atoms with Crippen LogP contribution in [-0.4, -0.2) is 15.9 Å². The molecule has 1 amide bonds. The molecule has 1 fully saturated rings. The van der Waals surface area contributed by atoms with Gasteiger partial charge >= 0.3 is 0 Å². The van der Waals surface area contributed by atoms with Gasteiger partial charge < -0.3 is 0 Å². The molecule has 2 aromatic heterocycles. The number of aromatic nitrogens is 2. The number of hydrogen-bond donors (Lipinski definition) is 0. The standard InChI is InChI=1S/C20H21N3OS/c1-13-9-14(2)18-17(10-13)22-20(25-18)23(19(24)16-6-3-7-16)12-15-5-4-8-21-11-15/h4-5,8-11,16H,3,6-7,12H2,1-2H3. The van der Waals surface area contributed by atoms with Crippen molar-refractivity contribution in [2.24, 2.45) is 5.92 Å². The molecule has 0 unspecified atom stereocenters. The molecule has 0 radical (unpaired) electrons. The van der Waals surface area contributed by atoms with Crippen molar-refractivity contribution in [3.05, 3.63) is 53.3 Å². The Labute approximate surface area is 151 Å². The molecule has 0 N–H and O–H groups in total. The number of rotatable bonds is 4. The first kappa shape index (κ1) is 16.2. The maximum absolute atomic E-state index is 13.0. The highest BCUT2D eigenvalue weighted by molar-refractivity contribution is 7.22. The number of anilines is 1. The highest BCUT2D eigenvalue weighted by Gasteiger charge is 2.31. The third-order valence-electron chi connectivity index (χ3n) is 4.82. The molecule has 128 valence electrons. The van der Waals surface area contributed by atoms with Gasteiger partial charge in [0.25, 0.3) is 0 Å². The van der Waals surface area contributed by atoms with Gasteiger partial charge in [-0.1, -0.05) is 29.9 Å². The highest BCUT2D eigenvalue weighted by Crippen LogP contribution is 2.36. The SMILES string of the molecule is Cc1cc(C)c2sc(N(Cc3cccnc3)C(=O)C3CCC3)nc2c1. The largest absolute Gasteiger partial charge is 0.283 e. The van der Waals surface area contributed by atoms with Gasteiger partial charge in [-0.25, -0.2) is 4.98 Å². The van der Waals surface area contributed by atoms with Gasteiger partial charge in [-0.3, -0.25) is 14.7 Å². The van der Waals surface area contributed by atoms with Gasteiger partial charge in [0.2, 0.25) is 5.91 Å². The van der Waals surface area contributed by atoms with E-state index >= 15 is 0 Å². The predicted octanol–water partition coefficient (Wildman–Crippen LogP) is 4.64. The minimum Gasteiger partial charge on any atom is -0.283 e. The molecule has 4 nitrogen and oxygen atoms in total. The lowest BCUT2D eigenvalue weighted by atomic mass is 9.84. The molecule has 0 bridgehead atoms. The van der Waals surface area contributed by atoms with Crippen LogP contribution in [-0.2, 0) is 11.3 Å². The maximum Gasteiger partial charge on any atom is 0.232 e. The summed E-state index contributed by atoms with van der Waals surface area (Å²) in [6, 6.07) is 8.19. The number of hydrogen-bond acceptors (Lipinski definition) is 4. The Morgan fingerprint density at radius 3 is 2.84 bits per heavy atom. The van der Waals surface area contributed by atoms with Crippen LogP contribution in [0.5, 0.6) is 0 Å². The highest BCUT2D eigenvalue weighted by atomic mass is 32.1. The molecular weight excluding hydrogens is 330 g/mol. The molecule has 1 aliphatic rings. The predicted molar refractivity (Wildman–Crippen MR) is 102 cm³/mol. The van der Waals surface area contributed by atoms with Crippen LogP contribution in [0.15, 0.2) is 36.7 Å². The van der Waals surface area contributed by atoms with Crippen molar-refractivity contribution in [1.29, 1.82) is 0 Å². The summed E-state index contributed by atoms with van der Waals surface area (Å²) in [5.74, 6) is 0.343. The van der Waals surface area contributed by atoms with E-state index in [4.69, 9.17) is 4.98 Å². The van der Waals surface area contributed by atoms with Crippen molar-refractivity contribution in [1.82, 2.24) is 9.97 Å². The molecule has 5 heteroatoms. The van der Waals surface area contributed by atoms with Crippen molar-refractivity contribution in [3.8, 4) is 0 Å². The number of benzene rings is 1. The normalized spacial score (nSPS) is 14.5. The summed E-state index contributed by atoms with van der Waals surface area (Å²) < 4.78 is 1.16. The van der Waals surface area contributed by atoms with E-state index in [0.717, 1.165) is 40.2 Å². The Morgan fingerprint density at radius 2 is 2.16 bits per heavy atom. The van der Waals surface area contributed by atoms with E-state index in [1.165, 1.54) is 11.1 Å². The van der Waals surface area contributed by atoms with Gasteiger partial charge in [0, 0.05) is 18.3 Å². The molecule has 0 spiro atoms.